The molecular formula is C27H33FN6O2. The van der Waals surface area contributed by atoms with Crippen molar-refractivity contribution in [3.63, 3.8) is 0 Å². The minimum atomic E-state index is -0.163. The van der Waals surface area contributed by atoms with Crippen molar-refractivity contribution in [3.05, 3.63) is 58.4 Å². The molecule has 2 amide bonds. The third kappa shape index (κ3) is 5.11. The second-order valence-electron chi connectivity index (χ2n) is 10.0. The van der Waals surface area contributed by atoms with Crippen molar-refractivity contribution in [2.24, 2.45) is 0 Å². The third-order valence-electron chi connectivity index (χ3n) is 7.62. The zero-order valence-electron chi connectivity index (χ0n) is 21.0. The summed E-state index contributed by atoms with van der Waals surface area (Å²) in [6.07, 6.45) is 2.96. The predicted octanol–water partition coefficient (Wildman–Crippen LogP) is 3.10. The lowest BCUT2D eigenvalue weighted by Crippen LogP contribution is -2.54. The lowest BCUT2D eigenvalue weighted by Gasteiger charge is -2.42. The number of piperidine rings is 1. The normalized spacial score (nSPS) is 17.6. The molecule has 5 rings (SSSR count). The largest absolute Gasteiger partial charge is 0.340 e. The molecule has 3 aromatic rings. The third-order valence-corrected chi connectivity index (χ3v) is 7.62. The molecule has 8 nitrogen and oxygen atoms in total. The fourth-order valence-corrected chi connectivity index (χ4v) is 5.52. The van der Waals surface area contributed by atoms with Gasteiger partial charge in [-0.15, -0.1) is 0 Å². The summed E-state index contributed by atoms with van der Waals surface area (Å²) in [5.74, 6) is 0.0449. The fraction of sp³-hybridized carbons (Fsp3) is 0.481. The van der Waals surface area contributed by atoms with Crippen LogP contribution in [0, 0.1) is 19.7 Å². The molecule has 3 heterocycles. The quantitative estimate of drug-likeness (QED) is 0.592. The van der Waals surface area contributed by atoms with E-state index in [9.17, 15) is 14.0 Å². The molecule has 0 bridgehead atoms. The number of hydrogen-bond acceptors (Lipinski definition) is 5. The summed E-state index contributed by atoms with van der Waals surface area (Å²) in [5, 5.41) is 10.7. The van der Waals surface area contributed by atoms with Crippen molar-refractivity contribution < 1.29 is 14.0 Å². The van der Waals surface area contributed by atoms with Gasteiger partial charge in [0.05, 0.1) is 0 Å². The Kier molecular flexibility index (Phi) is 7.00. The number of piperazine rings is 1. The van der Waals surface area contributed by atoms with E-state index >= 15 is 0 Å². The van der Waals surface area contributed by atoms with E-state index in [-0.39, 0.29) is 17.6 Å². The van der Waals surface area contributed by atoms with E-state index in [0.29, 0.717) is 41.1 Å². The number of aromatic nitrogens is 3. The van der Waals surface area contributed by atoms with Crippen LogP contribution in [-0.4, -0.2) is 87.2 Å². The molecule has 0 unspecified atom stereocenters. The Labute approximate surface area is 210 Å². The Morgan fingerprint density at radius 3 is 2.28 bits per heavy atom. The van der Waals surface area contributed by atoms with Crippen LogP contribution in [0.2, 0.25) is 0 Å². The Morgan fingerprint density at radius 2 is 1.58 bits per heavy atom. The average Bonchev–Trinajstić information content (AvgIpc) is 3.38. The standard InChI is InChI=1S/C27H33FN6O2/c1-18-15-20(16-19(2)26(18)28)3-6-25(35)33-13-11-32(12-14-33)22-7-9-34(10-8-22)27(36)21-4-5-23-24(17-21)30-31-29-23/h4-5,15-17,22H,3,6-14H2,1-2H3,(H,29,30,31). The zero-order valence-corrected chi connectivity index (χ0v) is 21.0. The molecule has 0 spiro atoms. The van der Waals surface area contributed by atoms with Gasteiger partial charge in [-0.3, -0.25) is 14.5 Å². The number of benzene rings is 2. The number of nitrogens with one attached hydrogen (secondary N) is 1. The molecular weight excluding hydrogens is 459 g/mol. The molecule has 36 heavy (non-hydrogen) atoms. The number of aromatic amines is 1. The van der Waals surface area contributed by atoms with Gasteiger partial charge >= 0.3 is 0 Å². The van der Waals surface area contributed by atoms with Gasteiger partial charge in [0.2, 0.25) is 5.91 Å². The van der Waals surface area contributed by atoms with E-state index in [2.05, 4.69) is 20.3 Å². The van der Waals surface area contributed by atoms with Gasteiger partial charge < -0.3 is 9.80 Å². The van der Waals surface area contributed by atoms with Gasteiger partial charge in [-0.05, 0) is 68.0 Å². The van der Waals surface area contributed by atoms with Crippen molar-refractivity contribution in [2.75, 3.05) is 39.3 Å². The number of halogens is 1. The summed E-state index contributed by atoms with van der Waals surface area (Å²) in [5.41, 5.74) is 4.38. The van der Waals surface area contributed by atoms with E-state index in [1.807, 2.05) is 34.1 Å². The number of nitrogens with zero attached hydrogens (tertiary/aromatic N) is 5. The zero-order chi connectivity index (χ0) is 25.2. The molecule has 2 aliphatic rings. The molecule has 190 valence electrons. The van der Waals surface area contributed by atoms with Crippen molar-refractivity contribution >= 4 is 22.8 Å². The molecule has 9 heteroatoms. The summed E-state index contributed by atoms with van der Waals surface area (Å²) < 4.78 is 13.9. The first-order valence-electron chi connectivity index (χ1n) is 12.8. The van der Waals surface area contributed by atoms with Gasteiger partial charge in [-0.25, -0.2) is 4.39 Å². The van der Waals surface area contributed by atoms with Crippen LogP contribution >= 0.6 is 0 Å². The Bertz CT molecular complexity index is 1240. The minimum Gasteiger partial charge on any atom is -0.340 e. The Balaban J connectivity index is 1.07. The molecule has 2 saturated heterocycles. The monoisotopic (exact) mass is 492 g/mol. The lowest BCUT2D eigenvalue weighted by atomic mass is 10.0. The molecule has 2 aliphatic heterocycles. The van der Waals surface area contributed by atoms with E-state index in [4.69, 9.17) is 0 Å². The number of fused-ring (bicyclic) bond motifs is 1. The topological polar surface area (TPSA) is 85.4 Å². The van der Waals surface area contributed by atoms with Crippen molar-refractivity contribution in [3.8, 4) is 0 Å². The van der Waals surface area contributed by atoms with Crippen LogP contribution in [0.5, 0.6) is 0 Å². The molecule has 0 atom stereocenters. The maximum Gasteiger partial charge on any atom is 0.253 e. The SMILES string of the molecule is Cc1cc(CCC(=O)N2CCN(C3CCN(C(=O)c4ccc5n[nH]nc5c4)CC3)CC2)cc(C)c1F. The summed E-state index contributed by atoms with van der Waals surface area (Å²) >= 11 is 0. The molecule has 1 aromatic heterocycles. The number of rotatable bonds is 5. The van der Waals surface area contributed by atoms with Crippen molar-refractivity contribution in [1.29, 1.82) is 0 Å². The molecule has 0 saturated carbocycles. The van der Waals surface area contributed by atoms with Gasteiger partial charge in [-0.2, -0.15) is 15.4 Å². The van der Waals surface area contributed by atoms with Crippen LogP contribution in [-0.2, 0) is 11.2 Å². The Morgan fingerprint density at radius 1 is 0.917 bits per heavy atom. The smallest absolute Gasteiger partial charge is 0.253 e. The molecule has 0 aliphatic carbocycles. The maximum atomic E-state index is 13.9. The van der Waals surface area contributed by atoms with Crippen molar-refractivity contribution in [1.82, 2.24) is 30.1 Å². The highest BCUT2D eigenvalue weighted by atomic mass is 19.1. The molecule has 2 fully saturated rings. The van der Waals surface area contributed by atoms with Gasteiger partial charge in [-0.1, -0.05) is 12.1 Å². The number of hydrogen-bond donors (Lipinski definition) is 1. The van der Waals surface area contributed by atoms with E-state index in [1.165, 1.54) is 0 Å². The van der Waals surface area contributed by atoms with Crippen LogP contribution in [0.1, 0.15) is 46.3 Å². The van der Waals surface area contributed by atoms with E-state index in [0.717, 1.165) is 63.2 Å². The number of aryl methyl sites for hydroxylation is 3. The van der Waals surface area contributed by atoms with Crippen LogP contribution in [0.25, 0.3) is 11.0 Å². The first-order valence-corrected chi connectivity index (χ1v) is 12.8. The van der Waals surface area contributed by atoms with Gasteiger partial charge in [0.15, 0.2) is 0 Å². The summed E-state index contributed by atoms with van der Waals surface area (Å²) in [6, 6.07) is 9.56. The molecule has 0 radical (unpaired) electrons. The highest BCUT2D eigenvalue weighted by molar-refractivity contribution is 5.97. The number of H-pyrrole nitrogens is 1. The maximum absolute atomic E-state index is 13.9. The average molecular weight is 493 g/mol. The van der Waals surface area contributed by atoms with E-state index in [1.54, 1.807) is 19.9 Å². The highest BCUT2D eigenvalue weighted by Gasteiger charge is 2.30. The lowest BCUT2D eigenvalue weighted by molar-refractivity contribution is -0.133. The second kappa shape index (κ2) is 10.3. The van der Waals surface area contributed by atoms with Crippen LogP contribution in [0.4, 0.5) is 4.39 Å². The van der Waals surface area contributed by atoms with Crippen molar-refractivity contribution in [2.45, 2.75) is 45.6 Å². The summed E-state index contributed by atoms with van der Waals surface area (Å²) in [6.45, 7) is 8.19. The van der Waals surface area contributed by atoms with Crippen LogP contribution in [0.3, 0.4) is 0 Å². The fourth-order valence-electron chi connectivity index (χ4n) is 5.52. The molecule has 2 aromatic carbocycles. The minimum absolute atomic E-state index is 0.0420. The van der Waals surface area contributed by atoms with Gasteiger partial charge in [0, 0.05) is 57.3 Å². The predicted molar refractivity (Wildman–Crippen MR) is 135 cm³/mol. The van der Waals surface area contributed by atoms with Gasteiger partial charge in [0.25, 0.3) is 5.91 Å². The second-order valence-corrected chi connectivity index (χ2v) is 10.0. The molecule has 1 N–H and O–H groups in total. The van der Waals surface area contributed by atoms with Crippen LogP contribution in [0.15, 0.2) is 30.3 Å². The number of amides is 2. The first-order chi connectivity index (χ1) is 17.4. The number of carbonyl (C=O) groups is 2. The summed E-state index contributed by atoms with van der Waals surface area (Å²) in [7, 11) is 0. The number of likely N-dealkylation sites (tertiary alicyclic amines) is 1. The van der Waals surface area contributed by atoms with Gasteiger partial charge in [0.1, 0.15) is 16.9 Å². The summed E-state index contributed by atoms with van der Waals surface area (Å²) in [4.78, 5) is 32.1. The number of carbonyl (C=O) groups excluding carboxylic acids is 2. The van der Waals surface area contributed by atoms with Crippen LogP contribution < -0.4 is 0 Å². The first kappa shape index (κ1) is 24.4. The Hall–Kier alpha value is -3.33. The van der Waals surface area contributed by atoms with E-state index < -0.39 is 0 Å². The highest BCUT2D eigenvalue weighted by Crippen LogP contribution is 2.22.